The summed E-state index contributed by atoms with van der Waals surface area (Å²) in [5.74, 6) is 0.431. The van der Waals surface area contributed by atoms with Crippen LogP contribution in [0, 0.1) is 6.92 Å². The van der Waals surface area contributed by atoms with Gasteiger partial charge in [-0.1, -0.05) is 41.5 Å². The second-order valence-electron chi connectivity index (χ2n) is 6.79. The molecule has 0 atom stereocenters. The minimum Gasteiger partial charge on any atom is -0.507 e. The monoisotopic (exact) mass is 252 g/mol. The van der Waals surface area contributed by atoms with Crippen molar-refractivity contribution < 1.29 is 5.11 Å². The highest BCUT2D eigenvalue weighted by molar-refractivity contribution is 7.80. The van der Waals surface area contributed by atoms with Crippen molar-refractivity contribution in [2.45, 2.75) is 64.2 Å². The molecule has 1 rings (SSSR count). The van der Waals surface area contributed by atoms with Gasteiger partial charge in [0.1, 0.15) is 5.75 Å². The van der Waals surface area contributed by atoms with E-state index in [4.69, 9.17) is 0 Å². The van der Waals surface area contributed by atoms with Gasteiger partial charge in [-0.15, -0.1) is 12.6 Å². The van der Waals surface area contributed by atoms with Crippen LogP contribution in [0.5, 0.6) is 5.75 Å². The van der Waals surface area contributed by atoms with Crippen molar-refractivity contribution in [1.82, 2.24) is 0 Å². The van der Waals surface area contributed by atoms with Gasteiger partial charge in [-0.05, 0) is 29.4 Å². The molecular formula is C15H24OS. The van der Waals surface area contributed by atoms with Crippen molar-refractivity contribution in [2.75, 3.05) is 0 Å². The van der Waals surface area contributed by atoms with E-state index in [-0.39, 0.29) is 10.8 Å². The molecule has 0 bridgehead atoms. The van der Waals surface area contributed by atoms with Crippen LogP contribution >= 0.6 is 12.6 Å². The fourth-order valence-corrected chi connectivity index (χ4v) is 2.48. The van der Waals surface area contributed by atoms with Crippen molar-refractivity contribution in [3.63, 3.8) is 0 Å². The molecule has 2 heteroatoms. The van der Waals surface area contributed by atoms with Crippen LogP contribution in [-0.2, 0) is 10.8 Å². The lowest BCUT2D eigenvalue weighted by Crippen LogP contribution is -2.18. The first kappa shape index (κ1) is 14.4. The fraction of sp³-hybridized carbons (Fsp3) is 0.600. The zero-order valence-corrected chi connectivity index (χ0v) is 12.9. The summed E-state index contributed by atoms with van der Waals surface area (Å²) in [6.45, 7) is 14.7. The van der Waals surface area contributed by atoms with Gasteiger partial charge in [0, 0.05) is 16.0 Å². The van der Waals surface area contributed by atoms with Crippen LogP contribution < -0.4 is 0 Å². The van der Waals surface area contributed by atoms with Gasteiger partial charge in [-0.3, -0.25) is 0 Å². The number of thiol groups is 1. The second-order valence-corrected chi connectivity index (χ2v) is 7.27. The maximum absolute atomic E-state index is 10.5. The highest BCUT2D eigenvalue weighted by Gasteiger charge is 2.28. The largest absolute Gasteiger partial charge is 0.507 e. The Labute approximate surface area is 111 Å². The Bertz CT molecular complexity index is 434. The lowest BCUT2D eigenvalue weighted by Gasteiger charge is -2.29. The van der Waals surface area contributed by atoms with Gasteiger partial charge in [0.05, 0.1) is 0 Å². The van der Waals surface area contributed by atoms with Crippen LogP contribution in [0.1, 0.15) is 58.2 Å². The molecule has 0 saturated heterocycles. The average Bonchev–Trinajstić information content (AvgIpc) is 2.07. The van der Waals surface area contributed by atoms with Gasteiger partial charge in [-0.2, -0.15) is 0 Å². The van der Waals surface area contributed by atoms with Gasteiger partial charge >= 0.3 is 0 Å². The number of aromatic hydroxyl groups is 1. The molecule has 0 amide bonds. The average molecular weight is 252 g/mol. The Balaban J connectivity index is 3.67. The zero-order chi connectivity index (χ0) is 13.6. The molecule has 0 heterocycles. The van der Waals surface area contributed by atoms with Crippen LogP contribution in [0.2, 0.25) is 0 Å². The Morgan fingerprint density at radius 3 is 1.82 bits per heavy atom. The number of hydrogen-bond donors (Lipinski definition) is 2. The summed E-state index contributed by atoms with van der Waals surface area (Å²) in [5, 5.41) is 10.5. The van der Waals surface area contributed by atoms with Crippen LogP contribution in [-0.4, -0.2) is 5.11 Å². The molecule has 0 fully saturated rings. The highest BCUT2D eigenvalue weighted by atomic mass is 32.1. The molecule has 0 spiro atoms. The maximum atomic E-state index is 10.5. The number of benzene rings is 1. The van der Waals surface area contributed by atoms with Gasteiger partial charge < -0.3 is 5.11 Å². The van der Waals surface area contributed by atoms with Crippen LogP contribution in [0.25, 0.3) is 0 Å². The Kier molecular flexibility index (Phi) is 3.60. The first-order valence-corrected chi connectivity index (χ1v) is 6.47. The molecule has 1 nitrogen and oxygen atoms in total. The van der Waals surface area contributed by atoms with Crippen molar-refractivity contribution >= 4 is 12.6 Å². The van der Waals surface area contributed by atoms with E-state index in [1.54, 1.807) is 0 Å². The summed E-state index contributed by atoms with van der Waals surface area (Å²) in [6, 6.07) is 1.99. The molecular weight excluding hydrogens is 228 g/mol. The van der Waals surface area contributed by atoms with Gasteiger partial charge in [0.25, 0.3) is 0 Å². The molecule has 1 aromatic rings. The lowest BCUT2D eigenvalue weighted by molar-refractivity contribution is 0.420. The van der Waals surface area contributed by atoms with E-state index in [0.717, 1.165) is 21.6 Å². The van der Waals surface area contributed by atoms with E-state index in [9.17, 15) is 5.11 Å². The Morgan fingerprint density at radius 1 is 1.00 bits per heavy atom. The van der Waals surface area contributed by atoms with E-state index in [1.165, 1.54) is 0 Å². The minimum atomic E-state index is -0.0765. The summed E-state index contributed by atoms with van der Waals surface area (Å²) in [6.07, 6.45) is 0. The number of rotatable bonds is 0. The summed E-state index contributed by atoms with van der Waals surface area (Å²) < 4.78 is 0. The zero-order valence-electron chi connectivity index (χ0n) is 12.0. The molecule has 0 aliphatic rings. The van der Waals surface area contributed by atoms with Gasteiger partial charge in [-0.25, -0.2) is 0 Å². The van der Waals surface area contributed by atoms with Gasteiger partial charge in [0.15, 0.2) is 0 Å². The third-order valence-electron chi connectivity index (χ3n) is 3.09. The molecule has 0 aliphatic carbocycles. The standard InChI is InChI=1S/C15H24OS/c1-9-11(17)8-10(14(2,3)4)13(16)12(9)15(5,6)7/h8,16-17H,1-7H3. The maximum Gasteiger partial charge on any atom is 0.123 e. The Morgan fingerprint density at radius 2 is 1.47 bits per heavy atom. The lowest BCUT2D eigenvalue weighted by atomic mass is 9.77. The third kappa shape index (κ3) is 2.79. The predicted octanol–water partition coefficient (Wildman–Crippen LogP) is 4.58. The first-order valence-electron chi connectivity index (χ1n) is 6.02. The molecule has 96 valence electrons. The summed E-state index contributed by atoms with van der Waals surface area (Å²) in [4.78, 5) is 0.956. The third-order valence-corrected chi connectivity index (χ3v) is 3.55. The second kappa shape index (κ2) is 4.24. The number of phenols is 1. The van der Waals surface area contributed by atoms with Crippen molar-refractivity contribution in [3.8, 4) is 5.75 Å². The summed E-state index contributed by atoms with van der Waals surface area (Å²) >= 11 is 4.54. The van der Waals surface area contributed by atoms with Crippen molar-refractivity contribution in [3.05, 3.63) is 22.8 Å². The van der Waals surface area contributed by atoms with Crippen LogP contribution in [0.3, 0.4) is 0 Å². The molecule has 0 saturated carbocycles. The highest BCUT2D eigenvalue weighted by Crippen LogP contribution is 2.42. The molecule has 0 unspecified atom stereocenters. The smallest absolute Gasteiger partial charge is 0.123 e. The number of hydrogen-bond acceptors (Lipinski definition) is 2. The predicted molar refractivity (Wildman–Crippen MR) is 77.5 cm³/mol. The Hall–Kier alpha value is -0.630. The SMILES string of the molecule is Cc1c(S)cc(C(C)(C)C)c(O)c1C(C)(C)C. The quantitative estimate of drug-likeness (QED) is 0.647. The normalized spacial score (nSPS) is 12.9. The van der Waals surface area contributed by atoms with E-state index in [1.807, 2.05) is 13.0 Å². The molecule has 0 aliphatic heterocycles. The molecule has 17 heavy (non-hydrogen) atoms. The van der Waals surface area contributed by atoms with E-state index < -0.39 is 0 Å². The molecule has 0 aromatic heterocycles. The van der Waals surface area contributed by atoms with Crippen LogP contribution in [0.15, 0.2) is 11.0 Å². The first-order chi connectivity index (χ1) is 7.46. The van der Waals surface area contributed by atoms with Crippen molar-refractivity contribution in [1.29, 1.82) is 0 Å². The molecule has 1 aromatic carbocycles. The molecule has 0 radical (unpaired) electrons. The van der Waals surface area contributed by atoms with Gasteiger partial charge in [0.2, 0.25) is 0 Å². The minimum absolute atomic E-state index is 0.0741. The summed E-state index contributed by atoms with van der Waals surface area (Å²) in [5.41, 5.74) is 2.90. The van der Waals surface area contributed by atoms with E-state index in [0.29, 0.717) is 5.75 Å². The topological polar surface area (TPSA) is 20.2 Å². The fourth-order valence-electron chi connectivity index (χ4n) is 2.24. The van der Waals surface area contributed by atoms with E-state index in [2.05, 4.69) is 54.2 Å². The van der Waals surface area contributed by atoms with Crippen molar-refractivity contribution in [2.24, 2.45) is 0 Å². The number of phenolic OH excluding ortho intramolecular Hbond substituents is 1. The summed E-state index contributed by atoms with van der Waals surface area (Å²) in [7, 11) is 0. The van der Waals surface area contributed by atoms with Crippen LogP contribution in [0.4, 0.5) is 0 Å². The molecule has 1 N–H and O–H groups in total. The van der Waals surface area contributed by atoms with E-state index >= 15 is 0 Å².